The Kier molecular flexibility index (Phi) is 6.30. The van der Waals surface area contributed by atoms with E-state index < -0.39 is 21.8 Å². The van der Waals surface area contributed by atoms with Crippen LogP contribution in [0.4, 0.5) is 0 Å². The van der Waals surface area contributed by atoms with E-state index >= 15 is 0 Å². The number of aromatic nitrogens is 2. The first-order chi connectivity index (χ1) is 12.8. The van der Waals surface area contributed by atoms with Crippen LogP contribution in [0.25, 0.3) is 0 Å². The number of benzene rings is 1. The van der Waals surface area contributed by atoms with Crippen molar-refractivity contribution in [2.45, 2.75) is 24.2 Å². The SMILES string of the molecule is CSc1ncc(Cl)c(C(=O)N(Cc2cccc(Cl)c2)C2CCS(=O)(=O)C2)n1. The molecule has 0 saturated carbocycles. The van der Waals surface area contributed by atoms with Crippen LogP contribution in [0.2, 0.25) is 10.0 Å². The fourth-order valence-electron chi connectivity index (χ4n) is 2.96. The molecule has 144 valence electrons. The van der Waals surface area contributed by atoms with Gasteiger partial charge < -0.3 is 4.90 Å². The molecule has 0 radical (unpaired) electrons. The van der Waals surface area contributed by atoms with Crippen LogP contribution in [-0.4, -0.2) is 53.0 Å². The molecule has 0 aliphatic carbocycles. The third-order valence-electron chi connectivity index (χ3n) is 4.26. The van der Waals surface area contributed by atoms with Crippen LogP contribution in [0.3, 0.4) is 0 Å². The Morgan fingerprint density at radius 1 is 1.37 bits per heavy atom. The minimum absolute atomic E-state index is 0.0601. The van der Waals surface area contributed by atoms with Gasteiger partial charge in [0.2, 0.25) is 0 Å². The lowest BCUT2D eigenvalue weighted by Crippen LogP contribution is -2.41. The van der Waals surface area contributed by atoms with Crippen molar-refractivity contribution < 1.29 is 13.2 Å². The summed E-state index contributed by atoms with van der Waals surface area (Å²) in [6.07, 6.45) is 3.56. The van der Waals surface area contributed by atoms with Crippen LogP contribution in [0.15, 0.2) is 35.6 Å². The fraction of sp³-hybridized carbons (Fsp3) is 0.353. The minimum atomic E-state index is -3.17. The summed E-state index contributed by atoms with van der Waals surface area (Å²) < 4.78 is 23.9. The van der Waals surface area contributed by atoms with Crippen LogP contribution in [0.5, 0.6) is 0 Å². The zero-order chi connectivity index (χ0) is 19.6. The van der Waals surface area contributed by atoms with Gasteiger partial charge in [-0.15, -0.1) is 0 Å². The summed E-state index contributed by atoms with van der Waals surface area (Å²) >= 11 is 13.5. The van der Waals surface area contributed by atoms with E-state index in [4.69, 9.17) is 23.2 Å². The molecule has 1 fully saturated rings. The second kappa shape index (κ2) is 8.34. The van der Waals surface area contributed by atoms with Gasteiger partial charge in [0.25, 0.3) is 5.91 Å². The molecule has 10 heteroatoms. The molecule has 0 bridgehead atoms. The van der Waals surface area contributed by atoms with Crippen LogP contribution < -0.4 is 0 Å². The molecule has 1 atom stereocenters. The van der Waals surface area contributed by atoms with Crippen molar-refractivity contribution in [3.8, 4) is 0 Å². The molecule has 1 aromatic heterocycles. The standard InChI is InChI=1S/C17H17Cl2N3O3S2/c1-26-17-20-8-14(19)15(21-17)16(23)22(13-5-6-27(24,25)10-13)9-11-3-2-4-12(18)7-11/h2-4,7-8,13H,5-6,9-10H2,1H3. The van der Waals surface area contributed by atoms with Crippen molar-refractivity contribution in [1.82, 2.24) is 14.9 Å². The van der Waals surface area contributed by atoms with Crippen LogP contribution in [0.1, 0.15) is 22.5 Å². The van der Waals surface area contributed by atoms with Gasteiger partial charge in [-0.3, -0.25) is 4.79 Å². The van der Waals surface area contributed by atoms with Gasteiger partial charge in [-0.1, -0.05) is 47.1 Å². The molecule has 1 aliphatic heterocycles. The van der Waals surface area contributed by atoms with Gasteiger partial charge >= 0.3 is 0 Å². The summed E-state index contributed by atoms with van der Waals surface area (Å²) in [5.41, 5.74) is 0.873. The number of amides is 1. The van der Waals surface area contributed by atoms with E-state index in [0.29, 0.717) is 16.6 Å². The van der Waals surface area contributed by atoms with Gasteiger partial charge in [0.1, 0.15) is 0 Å². The van der Waals surface area contributed by atoms with E-state index in [-0.39, 0.29) is 28.8 Å². The maximum atomic E-state index is 13.2. The van der Waals surface area contributed by atoms with E-state index in [0.717, 1.165) is 5.56 Å². The molecule has 3 rings (SSSR count). The number of rotatable bonds is 5. The molecule has 6 nitrogen and oxygen atoms in total. The van der Waals surface area contributed by atoms with Crippen LogP contribution >= 0.6 is 35.0 Å². The molecule has 2 heterocycles. The van der Waals surface area contributed by atoms with E-state index in [1.54, 1.807) is 24.5 Å². The van der Waals surface area contributed by atoms with E-state index in [1.165, 1.54) is 22.9 Å². The average molecular weight is 446 g/mol. The normalized spacial score (nSPS) is 18.4. The number of hydrogen-bond donors (Lipinski definition) is 0. The van der Waals surface area contributed by atoms with Gasteiger partial charge in [0, 0.05) is 17.6 Å². The fourth-order valence-corrected chi connectivity index (χ4v) is 5.41. The Labute approximate surface area is 172 Å². The lowest BCUT2D eigenvalue weighted by atomic mass is 10.1. The zero-order valence-electron chi connectivity index (χ0n) is 14.4. The first-order valence-corrected chi connectivity index (χ1v) is 11.9. The summed E-state index contributed by atoms with van der Waals surface area (Å²) in [6.45, 7) is 0.217. The van der Waals surface area contributed by atoms with Gasteiger partial charge in [0.05, 0.1) is 22.7 Å². The van der Waals surface area contributed by atoms with Crippen molar-refractivity contribution in [2.75, 3.05) is 17.8 Å². The molecule has 1 unspecified atom stereocenters. The van der Waals surface area contributed by atoms with Gasteiger partial charge in [-0.2, -0.15) is 0 Å². The van der Waals surface area contributed by atoms with Crippen molar-refractivity contribution in [2.24, 2.45) is 0 Å². The first kappa shape index (κ1) is 20.4. The molecule has 1 aliphatic rings. The first-order valence-electron chi connectivity index (χ1n) is 8.11. The molecule has 1 saturated heterocycles. The second-order valence-electron chi connectivity index (χ2n) is 6.17. The van der Waals surface area contributed by atoms with Crippen LogP contribution in [-0.2, 0) is 16.4 Å². The molecule has 27 heavy (non-hydrogen) atoms. The lowest BCUT2D eigenvalue weighted by Gasteiger charge is -2.28. The van der Waals surface area contributed by atoms with Crippen LogP contribution in [0, 0.1) is 0 Å². The number of thioether (sulfide) groups is 1. The number of hydrogen-bond acceptors (Lipinski definition) is 6. The van der Waals surface area contributed by atoms with Gasteiger partial charge in [0.15, 0.2) is 20.7 Å². The third-order valence-corrected chi connectivity index (χ3v) is 7.08. The molecule has 1 amide bonds. The highest BCUT2D eigenvalue weighted by molar-refractivity contribution is 7.98. The largest absolute Gasteiger partial charge is 0.329 e. The number of carbonyl (C=O) groups excluding carboxylic acids is 1. The van der Waals surface area contributed by atoms with Crippen molar-refractivity contribution in [3.63, 3.8) is 0 Å². The third kappa shape index (κ3) is 4.93. The highest BCUT2D eigenvalue weighted by Crippen LogP contribution is 2.25. The molecular formula is C17H17Cl2N3O3S2. The number of carbonyl (C=O) groups is 1. The summed E-state index contributed by atoms with van der Waals surface area (Å²) in [4.78, 5) is 23.0. The second-order valence-corrected chi connectivity index (χ2v) is 10.0. The predicted octanol–water partition coefficient (Wildman–Crippen LogP) is 3.33. The monoisotopic (exact) mass is 445 g/mol. The molecule has 0 N–H and O–H groups in total. The lowest BCUT2D eigenvalue weighted by molar-refractivity contribution is 0.0674. The molecular weight excluding hydrogens is 429 g/mol. The Hall–Kier alpha value is -1.35. The average Bonchev–Trinajstić information content (AvgIpc) is 2.99. The topological polar surface area (TPSA) is 80.2 Å². The molecule has 2 aromatic rings. The quantitative estimate of drug-likeness (QED) is 0.518. The zero-order valence-corrected chi connectivity index (χ0v) is 17.6. The van der Waals surface area contributed by atoms with Crippen molar-refractivity contribution in [1.29, 1.82) is 0 Å². The summed E-state index contributed by atoms with van der Waals surface area (Å²) in [6, 6.07) is 6.67. The highest BCUT2D eigenvalue weighted by Gasteiger charge is 2.36. The molecule has 0 spiro atoms. The maximum absolute atomic E-state index is 13.2. The Morgan fingerprint density at radius 2 is 2.15 bits per heavy atom. The molecule has 1 aromatic carbocycles. The number of sulfone groups is 1. The smallest absolute Gasteiger partial charge is 0.274 e. The Morgan fingerprint density at radius 3 is 2.78 bits per heavy atom. The number of halogens is 2. The van der Waals surface area contributed by atoms with Gasteiger partial charge in [-0.05, 0) is 30.4 Å². The summed E-state index contributed by atoms with van der Waals surface area (Å²) in [7, 11) is -3.17. The maximum Gasteiger partial charge on any atom is 0.274 e. The van der Waals surface area contributed by atoms with Crippen molar-refractivity contribution in [3.05, 3.63) is 51.8 Å². The highest BCUT2D eigenvalue weighted by atomic mass is 35.5. The summed E-state index contributed by atoms with van der Waals surface area (Å²) in [5, 5.41) is 1.10. The summed E-state index contributed by atoms with van der Waals surface area (Å²) in [5.74, 6) is -0.429. The van der Waals surface area contributed by atoms with Crippen molar-refractivity contribution >= 4 is 50.7 Å². The van der Waals surface area contributed by atoms with E-state index in [9.17, 15) is 13.2 Å². The van der Waals surface area contributed by atoms with E-state index in [2.05, 4.69) is 9.97 Å². The van der Waals surface area contributed by atoms with Gasteiger partial charge in [-0.25, -0.2) is 18.4 Å². The minimum Gasteiger partial charge on any atom is -0.329 e. The Balaban J connectivity index is 1.97. The predicted molar refractivity (Wildman–Crippen MR) is 107 cm³/mol. The number of nitrogens with zero attached hydrogens (tertiary/aromatic N) is 3. The van der Waals surface area contributed by atoms with E-state index in [1.807, 2.05) is 6.07 Å². The Bertz CT molecular complexity index is 970.